The second-order valence-corrected chi connectivity index (χ2v) is 11.2. The van der Waals surface area contributed by atoms with E-state index in [0.29, 0.717) is 53.4 Å². The van der Waals surface area contributed by atoms with E-state index in [1.807, 2.05) is 0 Å². The normalized spacial score (nSPS) is 18.6. The van der Waals surface area contributed by atoms with Gasteiger partial charge in [-0.1, -0.05) is 6.07 Å². The number of aromatic nitrogens is 3. The molecule has 0 saturated carbocycles. The molecule has 42 heavy (non-hydrogen) atoms. The van der Waals surface area contributed by atoms with E-state index in [1.54, 1.807) is 36.1 Å². The molecule has 2 aliphatic rings. The third-order valence-electron chi connectivity index (χ3n) is 7.50. The molecule has 0 radical (unpaired) electrons. The van der Waals surface area contributed by atoms with E-state index in [1.165, 1.54) is 16.7 Å². The van der Waals surface area contributed by atoms with Crippen LogP contribution in [0.2, 0.25) is 0 Å². The molecule has 2 atom stereocenters. The van der Waals surface area contributed by atoms with Gasteiger partial charge >= 0.3 is 12.3 Å². The standard InChI is InChI=1S/C28H22F4N6O3S/c1-14-35-23-8-19(25-34-11-24(42-25)28(30,31)32)22(36-17-4-5-37-18(7-17)13-41-27(37)40)9-20(23)26(39)38(14)12-15-2-3-16(10-33)21(29)6-15/h2-3,6,8-9,11,17-18,36H,4-5,7,12-13H2,1H3/t17-,18-/m0/s1. The Hall–Kier alpha value is -4.51. The molecule has 1 amide bonds. The first kappa shape index (κ1) is 27.6. The smallest absolute Gasteiger partial charge is 0.427 e. The number of alkyl halides is 3. The van der Waals surface area contributed by atoms with Gasteiger partial charge in [-0.2, -0.15) is 18.4 Å². The summed E-state index contributed by atoms with van der Waals surface area (Å²) in [5, 5.41) is 12.7. The van der Waals surface area contributed by atoms with E-state index in [9.17, 15) is 27.2 Å². The van der Waals surface area contributed by atoms with E-state index in [0.717, 1.165) is 6.20 Å². The number of thiazole rings is 1. The summed E-state index contributed by atoms with van der Waals surface area (Å²) in [5.74, 6) is -0.384. The molecule has 2 aliphatic heterocycles. The van der Waals surface area contributed by atoms with Gasteiger partial charge in [0, 0.05) is 23.8 Å². The minimum atomic E-state index is -4.56. The number of fused-ring (bicyclic) bond motifs is 2. The van der Waals surface area contributed by atoms with Gasteiger partial charge in [0.25, 0.3) is 5.56 Å². The molecule has 9 nitrogen and oxygen atoms in total. The van der Waals surface area contributed by atoms with Crippen LogP contribution in [0.4, 0.5) is 28.0 Å². The molecule has 1 N–H and O–H groups in total. The number of hydrogen-bond donors (Lipinski definition) is 1. The number of nitrogens with zero attached hydrogens (tertiary/aromatic N) is 5. The summed E-state index contributed by atoms with van der Waals surface area (Å²) in [4.78, 5) is 35.0. The van der Waals surface area contributed by atoms with Crippen molar-refractivity contribution in [1.29, 1.82) is 5.26 Å². The van der Waals surface area contributed by atoms with Crippen molar-refractivity contribution >= 4 is 34.0 Å². The van der Waals surface area contributed by atoms with Gasteiger partial charge < -0.3 is 15.0 Å². The lowest BCUT2D eigenvalue weighted by atomic mass is 9.97. The first-order valence-electron chi connectivity index (χ1n) is 13.0. The number of anilines is 1. The monoisotopic (exact) mass is 598 g/mol. The van der Waals surface area contributed by atoms with Crippen LogP contribution in [0.15, 0.2) is 41.3 Å². The highest BCUT2D eigenvalue weighted by atomic mass is 32.1. The zero-order valence-electron chi connectivity index (χ0n) is 22.0. The quantitative estimate of drug-likeness (QED) is 0.310. The fourth-order valence-electron chi connectivity index (χ4n) is 5.37. The number of nitriles is 1. The van der Waals surface area contributed by atoms with Crippen LogP contribution >= 0.6 is 11.3 Å². The van der Waals surface area contributed by atoms with Crippen molar-refractivity contribution < 1.29 is 27.1 Å². The van der Waals surface area contributed by atoms with Gasteiger partial charge in [-0.25, -0.2) is 19.2 Å². The summed E-state index contributed by atoms with van der Waals surface area (Å²) >= 11 is 0.492. The Bertz CT molecular complexity index is 1830. The number of nitrogens with one attached hydrogen (secondary N) is 1. The maximum atomic E-state index is 14.2. The molecule has 0 unspecified atom stereocenters. The fourth-order valence-corrected chi connectivity index (χ4v) is 6.19. The van der Waals surface area contributed by atoms with E-state index in [4.69, 9.17) is 10.00 Å². The summed E-state index contributed by atoms with van der Waals surface area (Å²) < 4.78 is 61.0. The summed E-state index contributed by atoms with van der Waals surface area (Å²) in [6, 6.07) is 8.68. The number of carbonyl (C=O) groups is 1. The maximum absolute atomic E-state index is 14.2. The number of rotatable bonds is 5. The molecule has 6 rings (SSSR count). The lowest BCUT2D eigenvalue weighted by molar-refractivity contribution is -0.134. The van der Waals surface area contributed by atoms with Gasteiger partial charge in [-0.15, -0.1) is 11.3 Å². The predicted molar refractivity (Wildman–Crippen MR) is 146 cm³/mol. The predicted octanol–water partition coefficient (Wildman–Crippen LogP) is 5.30. The number of cyclic esters (lactones) is 1. The molecular weight excluding hydrogens is 576 g/mol. The maximum Gasteiger partial charge on any atom is 0.427 e. The van der Waals surface area contributed by atoms with Gasteiger partial charge in [0.1, 0.15) is 34.2 Å². The average molecular weight is 599 g/mol. The molecule has 0 aliphatic carbocycles. The van der Waals surface area contributed by atoms with Crippen LogP contribution < -0.4 is 10.9 Å². The van der Waals surface area contributed by atoms with Gasteiger partial charge in [-0.3, -0.25) is 9.36 Å². The van der Waals surface area contributed by atoms with Crippen LogP contribution in [0.5, 0.6) is 0 Å². The Kier molecular flexibility index (Phi) is 6.84. The first-order chi connectivity index (χ1) is 20.0. The van der Waals surface area contributed by atoms with Crippen LogP contribution in [0, 0.1) is 24.1 Å². The molecule has 4 heterocycles. The van der Waals surface area contributed by atoms with E-state index < -0.39 is 22.4 Å². The van der Waals surface area contributed by atoms with Crippen molar-refractivity contribution in [2.24, 2.45) is 0 Å². The van der Waals surface area contributed by atoms with Crippen LogP contribution in [0.3, 0.4) is 0 Å². The number of amides is 1. The topological polar surface area (TPSA) is 113 Å². The number of hydrogen-bond acceptors (Lipinski definition) is 8. The molecule has 0 spiro atoms. The Morgan fingerprint density at radius 2 is 2.05 bits per heavy atom. The summed E-state index contributed by atoms with van der Waals surface area (Å²) in [6.45, 7) is 2.31. The van der Waals surface area contributed by atoms with Crippen molar-refractivity contribution in [1.82, 2.24) is 19.4 Å². The van der Waals surface area contributed by atoms with Crippen LogP contribution in [-0.4, -0.2) is 50.8 Å². The molecule has 0 bridgehead atoms. The third-order valence-corrected chi connectivity index (χ3v) is 8.58. The second-order valence-electron chi connectivity index (χ2n) is 10.2. The summed E-state index contributed by atoms with van der Waals surface area (Å²) in [7, 11) is 0. The number of halogens is 4. The molecular formula is C28H22F4N6O3S. The lowest BCUT2D eigenvalue weighted by Gasteiger charge is -2.33. The highest BCUT2D eigenvalue weighted by Gasteiger charge is 2.38. The Labute approximate surface area is 240 Å². The Balaban J connectivity index is 1.42. The molecule has 2 aromatic heterocycles. The highest BCUT2D eigenvalue weighted by Crippen LogP contribution is 2.40. The van der Waals surface area contributed by atoms with Crippen LogP contribution in [-0.2, 0) is 17.5 Å². The molecule has 2 aromatic carbocycles. The van der Waals surface area contributed by atoms with Crippen molar-refractivity contribution in [2.45, 2.75) is 44.6 Å². The van der Waals surface area contributed by atoms with Crippen molar-refractivity contribution in [3.63, 3.8) is 0 Å². The number of piperidine rings is 1. The van der Waals surface area contributed by atoms with Gasteiger partial charge in [0.15, 0.2) is 0 Å². The molecule has 4 aromatic rings. The van der Waals surface area contributed by atoms with E-state index in [2.05, 4.69) is 15.3 Å². The van der Waals surface area contributed by atoms with E-state index >= 15 is 0 Å². The van der Waals surface area contributed by atoms with Crippen molar-refractivity contribution in [3.8, 4) is 16.6 Å². The average Bonchev–Trinajstić information content (AvgIpc) is 3.59. The minimum absolute atomic E-state index is 0.00363. The first-order valence-corrected chi connectivity index (χ1v) is 13.8. The Morgan fingerprint density at radius 3 is 2.76 bits per heavy atom. The second kappa shape index (κ2) is 10.4. The number of benzene rings is 2. The molecule has 2 fully saturated rings. The van der Waals surface area contributed by atoms with Crippen LogP contribution in [0.1, 0.15) is 34.7 Å². The van der Waals surface area contributed by atoms with Crippen molar-refractivity contribution in [3.05, 3.63) is 74.5 Å². The highest BCUT2D eigenvalue weighted by molar-refractivity contribution is 7.15. The van der Waals surface area contributed by atoms with E-state index in [-0.39, 0.29) is 52.8 Å². The lowest BCUT2D eigenvalue weighted by Crippen LogP contribution is -2.45. The minimum Gasteiger partial charge on any atom is -0.447 e. The fraction of sp³-hybridized carbons (Fsp3) is 0.321. The third kappa shape index (κ3) is 5.04. The zero-order valence-corrected chi connectivity index (χ0v) is 22.9. The molecule has 216 valence electrons. The van der Waals surface area contributed by atoms with Crippen LogP contribution in [0.25, 0.3) is 21.5 Å². The number of ether oxygens (including phenoxy) is 1. The largest absolute Gasteiger partial charge is 0.447 e. The summed E-state index contributed by atoms with van der Waals surface area (Å²) in [6.07, 6.45) is -3.03. The van der Waals surface area contributed by atoms with Gasteiger partial charge in [-0.05, 0) is 49.6 Å². The van der Waals surface area contributed by atoms with Gasteiger partial charge in [0.2, 0.25) is 0 Å². The molecule has 14 heteroatoms. The van der Waals surface area contributed by atoms with Gasteiger partial charge in [0.05, 0.1) is 35.2 Å². The SMILES string of the molecule is Cc1nc2cc(-c3ncc(C(F)(F)F)s3)c(N[C@H]3CCN4C(=O)OC[C@@H]4C3)cc2c(=O)n1Cc1ccc(C#N)c(F)c1. The molecule has 2 saturated heterocycles. The van der Waals surface area contributed by atoms with Crippen molar-refractivity contribution in [2.75, 3.05) is 18.5 Å². The number of aryl methyl sites for hydroxylation is 1. The summed E-state index contributed by atoms with van der Waals surface area (Å²) in [5.41, 5.74) is 0.967. The Morgan fingerprint density at radius 1 is 1.24 bits per heavy atom. The number of carbonyl (C=O) groups excluding carboxylic acids is 1. The zero-order chi connectivity index (χ0) is 29.8.